The van der Waals surface area contributed by atoms with Crippen LogP contribution in [0.4, 0.5) is 5.69 Å². The highest BCUT2D eigenvalue weighted by Gasteiger charge is 2.27. The summed E-state index contributed by atoms with van der Waals surface area (Å²) < 4.78 is 0. The van der Waals surface area contributed by atoms with Crippen molar-refractivity contribution in [3.8, 4) is 0 Å². The molecule has 1 unspecified atom stereocenters. The van der Waals surface area contributed by atoms with E-state index in [2.05, 4.69) is 11.4 Å². The number of aliphatic hydroxyl groups is 1. The highest BCUT2D eigenvalue weighted by molar-refractivity contribution is 6.00. The molecule has 1 saturated heterocycles. The molecular weight excluding hydrogens is 228 g/mol. The first-order valence-corrected chi connectivity index (χ1v) is 6.59. The SMILES string of the molecule is O=C(c1cccc2c1NCCC2)N1CCC(O)C1. The van der Waals surface area contributed by atoms with Gasteiger partial charge in [0.15, 0.2) is 0 Å². The summed E-state index contributed by atoms with van der Waals surface area (Å²) in [5, 5.41) is 12.9. The molecular formula is C14H18N2O2. The van der Waals surface area contributed by atoms with Crippen LogP contribution in [0.3, 0.4) is 0 Å². The summed E-state index contributed by atoms with van der Waals surface area (Å²) in [6.45, 7) is 2.05. The van der Waals surface area contributed by atoms with Crippen LogP contribution < -0.4 is 5.32 Å². The van der Waals surface area contributed by atoms with E-state index in [4.69, 9.17) is 0 Å². The molecule has 0 radical (unpaired) electrons. The van der Waals surface area contributed by atoms with Crippen LogP contribution in [0.5, 0.6) is 0 Å². The lowest BCUT2D eigenvalue weighted by atomic mass is 9.99. The lowest BCUT2D eigenvalue weighted by molar-refractivity contribution is 0.0765. The van der Waals surface area contributed by atoms with Crippen LogP contribution in [0.25, 0.3) is 0 Å². The Balaban J connectivity index is 1.90. The van der Waals surface area contributed by atoms with Crippen LogP contribution in [-0.2, 0) is 6.42 Å². The fraction of sp³-hybridized carbons (Fsp3) is 0.500. The monoisotopic (exact) mass is 246 g/mol. The van der Waals surface area contributed by atoms with Gasteiger partial charge in [-0.15, -0.1) is 0 Å². The number of benzene rings is 1. The molecule has 2 aliphatic heterocycles. The maximum absolute atomic E-state index is 12.4. The zero-order chi connectivity index (χ0) is 12.5. The third kappa shape index (κ3) is 1.97. The van der Waals surface area contributed by atoms with E-state index in [-0.39, 0.29) is 12.0 Å². The number of fused-ring (bicyclic) bond motifs is 1. The molecule has 1 fully saturated rings. The minimum atomic E-state index is -0.360. The maximum Gasteiger partial charge on any atom is 0.256 e. The maximum atomic E-state index is 12.4. The lowest BCUT2D eigenvalue weighted by Crippen LogP contribution is -2.31. The zero-order valence-electron chi connectivity index (χ0n) is 10.4. The largest absolute Gasteiger partial charge is 0.391 e. The Morgan fingerprint density at radius 3 is 3.11 bits per heavy atom. The van der Waals surface area contributed by atoms with Crippen molar-refractivity contribution in [2.45, 2.75) is 25.4 Å². The fourth-order valence-corrected chi connectivity index (χ4v) is 2.78. The summed E-state index contributed by atoms with van der Waals surface area (Å²) in [7, 11) is 0. The number of nitrogens with one attached hydrogen (secondary N) is 1. The predicted octanol–water partition coefficient (Wildman–Crippen LogP) is 1.25. The number of anilines is 1. The van der Waals surface area contributed by atoms with Gasteiger partial charge >= 0.3 is 0 Å². The molecule has 2 heterocycles. The Hall–Kier alpha value is -1.55. The topological polar surface area (TPSA) is 52.6 Å². The molecule has 18 heavy (non-hydrogen) atoms. The minimum absolute atomic E-state index is 0.0396. The molecule has 1 aromatic carbocycles. The van der Waals surface area contributed by atoms with E-state index in [1.54, 1.807) is 4.90 Å². The van der Waals surface area contributed by atoms with E-state index in [1.807, 2.05) is 12.1 Å². The quantitative estimate of drug-likeness (QED) is 0.784. The van der Waals surface area contributed by atoms with E-state index in [1.165, 1.54) is 5.56 Å². The lowest BCUT2D eigenvalue weighted by Gasteiger charge is -2.23. The molecule has 1 atom stereocenters. The van der Waals surface area contributed by atoms with E-state index >= 15 is 0 Å². The summed E-state index contributed by atoms with van der Waals surface area (Å²) in [4.78, 5) is 14.2. The molecule has 0 bridgehead atoms. The Morgan fingerprint density at radius 1 is 1.44 bits per heavy atom. The molecule has 4 heteroatoms. The van der Waals surface area contributed by atoms with Gasteiger partial charge in [0.25, 0.3) is 5.91 Å². The van der Waals surface area contributed by atoms with Gasteiger partial charge in [-0.2, -0.15) is 0 Å². The Bertz CT molecular complexity index is 473. The Labute approximate surface area is 107 Å². The highest BCUT2D eigenvalue weighted by Crippen LogP contribution is 2.27. The number of nitrogens with zero attached hydrogens (tertiary/aromatic N) is 1. The van der Waals surface area contributed by atoms with Gasteiger partial charge in [0.1, 0.15) is 0 Å². The number of aryl methyl sites for hydroxylation is 1. The average molecular weight is 246 g/mol. The van der Waals surface area contributed by atoms with Gasteiger partial charge in [0.05, 0.1) is 17.4 Å². The first-order valence-electron chi connectivity index (χ1n) is 6.59. The summed E-state index contributed by atoms with van der Waals surface area (Å²) in [5.74, 6) is 0.0396. The number of para-hydroxylation sites is 1. The molecule has 0 saturated carbocycles. The predicted molar refractivity (Wildman–Crippen MR) is 69.8 cm³/mol. The molecule has 3 rings (SSSR count). The second-order valence-corrected chi connectivity index (χ2v) is 5.06. The normalized spacial score (nSPS) is 22.5. The van der Waals surface area contributed by atoms with Crippen molar-refractivity contribution in [2.24, 2.45) is 0 Å². The number of carbonyl (C=O) groups is 1. The van der Waals surface area contributed by atoms with Crippen LogP contribution in [0.15, 0.2) is 18.2 Å². The van der Waals surface area contributed by atoms with Crippen molar-refractivity contribution in [1.29, 1.82) is 0 Å². The third-order valence-corrected chi connectivity index (χ3v) is 3.76. The minimum Gasteiger partial charge on any atom is -0.391 e. The van der Waals surface area contributed by atoms with E-state index < -0.39 is 0 Å². The van der Waals surface area contributed by atoms with Crippen molar-refractivity contribution < 1.29 is 9.90 Å². The number of likely N-dealkylation sites (tertiary alicyclic amines) is 1. The van der Waals surface area contributed by atoms with E-state index in [9.17, 15) is 9.90 Å². The number of aliphatic hydroxyl groups excluding tert-OH is 1. The van der Waals surface area contributed by atoms with Crippen molar-refractivity contribution in [3.05, 3.63) is 29.3 Å². The highest BCUT2D eigenvalue weighted by atomic mass is 16.3. The second-order valence-electron chi connectivity index (χ2n) is 5.06. The Morgan fingerprint density at radius 2 is 2.33 bits per heavy atom. The van der Waals surface area contributed by atoms with Crippen molar-refractivity contribution in [3.63, 3.8) is 0 Å². The van der Waals surface area contributed by atoms with Crippen LogP contribution in [0, 0.1) is 0 Å². The summed E-state index contributed by atoms with van der Waals surface area (Å²) in [6, 6.07) is 5.91. The van der Waals surface area contributed by atoms with Gasteiger partial charge in [-0.3, -0.25) is 4.79 Å². The molecule has 96 valence electrons. The number of β-amino-alcohol motifs (C(OH)–C–C–N with tert-alkyl or cyclic N) is 1. The fourth-order valence-electron chi connectivity index (χ4n) is 2.78. The third-order valence-electron chi connectivity index (χ3n) is 3.76. The molecule has 4 nitrogen and oxygen atoms in total. The van der Waals surface area contributed by atoms with E-state index in [0.29, 0.717) is 19.5 Å². The van der Waals surface area contributed by atoms with Gasteiger partial charge in [0, 0.05) is 19.6 Å². The first kappa shape index (κ1) is 11.5. The molecule has 0 aromatic heterocycles. The van der Waals surface area contributed by atoms with Crippen molar-refractivity contribution >= 4 is 11.6 Å². The van der Waals surface area contributed by atoms with Gasteiger partial charge in [-0.25, -0.2) is 0 Å². The molecule has 2 aliphatic rings. The Kier molecular flexibility index (Phi) is 2.96. The number of amides is 1. The standard InChI is InChI=1S/C14H18N2O2/c17-11-6-8-16(9-11)14(18)12-5-1-3-10-4-2-7-15-13(10)12/h1,3,5,11,15,17H,2,4,6-9H2. The van der Waals surface area contributed by atoms with Crippen LogP contribution in [0.1, 0.15) is 28.8 Å². The number of carbonyl (C=O) groups excluding carboxylic acids is 1. The molecule has 2 N–H and O–H groups in total. The summed E-state index contributed by atoms with van der Waals surface area (Å²) in [6.07, 6.45) is 2.48. The number of hydrogen-bond donors (Lipinski definition) is 2. The van der Waals surface area contributed by atoms with Crippen LogP contribution in [-0.4, -0.2) is 41.7 Å². The molecule has 1 aromatic rings. The van der Waals surface area contributed by atoms with Crippen LogP contribution >= 0.6 is 0 Å². The summed E-state index contributed by atoms with van der Waals surface area (Å²) >= 11 is 0. The number of rotatable bonds is 1. The molecule has 0 aliphatic carbocycles. The van der Waals surface area contributed by atoms with Crippen molar-refractivity contribution in [2.75, 3.05) is 25.0 Å². The smallest absolute Gasteiger partial charge is 0.256 e. The van der Waals surface area contributed by atoms with Gasteiger partial charge in [0.2, 0.25) is 0 Å². The van der Waals surface area contributed by atoms with Gasteiger partial charge < -0.3 is 15.3 Å². The van der Waals surface area contributed by atoms with Gasteiger partial charge in [-0.1, -0.05) is 12.1 Å². The van der Waals surface area contributed by atoms with Crippen molar-refractivity contribution in [1.82, 2.24) is 4.90 Å². The number of hydrogen-bond acceptors (Lipinski definition) is 3. The summed E-state index contributed by atoms with van der Waals surface area (Å²) in [5.41, 5.74) is 2.98. The zero-order valence-corrected chi connectivity index (χ0v) is 10.4. The first-order chi connectivity index (χ1) is 8.75. The average Bonchev–Trinajstić information content (AvgIpc) is 2.84. The second kappa shape index (κ2) is 4.61. The molecule has 0 spiro atoms. The van der Waals surface area contributed by atoms with Crippen LogP contribution in [0.2, 0.25) is 0 Å². The van der Waals surface area contributed by atoms with Gasteiger partial charge in [-0.05, 0) is 30.9 Å². The van der Waals surface area contributed by atoms with E-state index in [0.717, 1.165) is 30.6 Å². The molecule has 1 amide bonds.